The van der Waals surface area contributed by atoms with Gasteiger partial charge in [0.25, 0.3) is 5.91 Å². The van der Waals surface area contributed by atoms with Crippen LogP contribution >= 0.6 is 0 Å². The molecule has 4 saturated heterocycles. The number of cyclic esters (lactones) is 1. The lowest BCUT2D eigenvalue weighted by Crippen LogP contribution is -2.60. The van der Waals surface area contributed by atoms with E-state index in [0.29, 0.717) is 19.5 Å². The third-order valence-electron chi connectivity index (χ3n) is 5.93. The first-order valence-electron chi connectivity index (χ1n) is 9.07. The summed E-state index contributed by atoms with van der Waals surface area (Å²) in [6, 6.07) is 0. The van der Waals surface area contributed by atoms with Crippen LogP contribution in [0.3, 0.4) is 0 Å². The Morgan fingerprint density at radius 1 is 1.25 bits per heavy atom. The maximum absolute atomic E-state index is 13.2. The monoisotopic (exact) mass is 336 g/mol. The summed E-state index contributed by atoms with van der Waals surface area (Å²) >= 11 is 0. The predicted molar refractivity (Wildman–Crippen MR) is 82.7 cm³/mol. The molecule has 1 spiro atoms. The van der Waals surface area contributed by atoms with E-state index in [-0.39, 0.29) is 24.3 Å². The van der Waals surface area contributed by atoms with Crippen molar-refractivity contribution in [3.8, 4) is 0 Å². The van der Waals surface area contributed by atoms with Crippen LogP contribution in [-0.4, -0.2) is 59.2 Å². The molecule has 7 heteroatoms. The first kappa shape index (κ1) is 15.9. The zero-order valence-corrected chi connectivity index (χ0v) is 14.0. The molecule has 24 heavy (non-hydrogen) atoms. The molecule has 4 aliphatic rings. The number of fused-ring (bicyclic) bond motifs is 1. The van der Waals surface area contributed by atoms with E-state index in [9.17, 15) is 14.4 Å². The summed E-state index contributed by atoms with van der Waals surface area (Å²) in [5.41, 5.74) is -0.849. The summed E-state index contributed by atoms with van der Waals surface area (Å²) in [4.78, 5) is 40.9. The molecule has 4 fully saturated rings. The number of piperidine rings is 1. The molecule has 132 valence electrons. The van der Waals surface area contributed by atoms with Gasteiger partial charge in [0.15, 0.2) is 5.72 Å². The van der Waals surface area contributed by atoms with Gasteiger partial charge in [0.2, 0.25) is 5.91 Å². The molecular formula is C17H24N2O5. The Morgan fingerprint density at radius 2 is 2.08 bits per heavy atom. The highest BCUT2D eigenvalue weighted by Crippen LogP contribution is 2.55. The number of carbonyl (C=O) groups is 3. The van der Waals surface area contributed by atoms with Crippen LogP contribution in [0, 0.1) is 11.8 Å². The Labute approximate surface area is 141 Å². The Balaban J connectivity index is 1.72. The second-order valence-electron chi connectivity index (χ2n) is 7.22. The summed E-state index contributed by atoms with van der Waals surface area (Å²) in [6.45, 7) is 3.23. The highest BCUT2D eigenvalue weighted by Gasteiger charge is 2.69. The molecule has 0 N–H and O–H groups in total. The van der Waals surface area contributed by atoms with Crippen molar-refractivity contribution in [1.29, 1.82) is 0 Å². The standard InChI is InChI=1S/C17H24N2O5/c1-2-6-11-12(14(20)18-9-10-23-16(18)22)17-7-4-3-5-8-19(17)15(21)13(11)24-17/h11-13H,2-10H2,1H3/t11-,12+,13+,17-/m0/s1. The fourth-order valence-electron chi connectivity index (χ4n) is 4.96. The van der Waals surface area contributed by atoms with Crippen molar-refractivity contribution in [2.75, 3.05) is 19.7 Å². The Kier molecular flexibility index (Phi) is 3.78. The third-order valence-corrected chi connectivity index (χ3v) is 5.93. The molecular weight excluding hydrogens is 312 g/mol. The van der Waals surface area contributed by atoms with Crippen molar-refractivity contribution in [3.63, 3.8) is 0 Å². The van der Waals surface area contributed by atoms with Crippen molar-refractivity contribution in [3.05, 3.63) is 0 Å². The number of ether oxygens (including phenoxy) is 2. The number of nitrogens with zero attached hydrogens (tertiary/aromatic N) is 2. The van der Waals surface area contributed by atoms with Gasteiger partial charge in [-0.2, -0.15) is 0 Å². The van der Waals surface area contributed by atoms with Gasteiger partial charge in [-0.25, -0.2) is 9.69 Å². The van der Waals surface area contributed by atoms with E-state index >= 15 is 0 Å². The molecule has 0 aliphatic carbocycles. The van der Waals surface area contributed by atoms with E-state index in [2.05, 4.69) is 0 Å². The highest BCUT2D eigenvalue weighted by atomic mass is 16.6. The maximum atomic E-state index is 13.2. The van der Waals surface area contributed by atoms with E-state index in [1.807, 2.05) is 6.92 Å². The van der Waals surface area contributed by atoms with Crippen LogP contribution in [0.4, 0.5) is 4.79 Å². The normalized spacial score (nSPS) is 38.3. The van der Waals surface area contributed by atoms with E-state index in [0.717, 1.165) is 32.1 Å². The van der Waals surface area contributed by atoms with Gasteiger partial charge in [-0.15, -0.1) is 0 Å². The molecule has 0 aromatic rings. The minimum absolute atomic E-state index is 0.0309. The fraction of sp³-hybridized carbons (Fsp3) is 0.824. The topological polar surface area (TPSA) is 76.2 Å². The predicted octanol–water partition coefficient (Wildman–Crippen LogP) is 1.51. The molecule has 0 aromatic carbocycles. The minimum atomic E-state index is -0.849. The molecule has 2 bridgehead atoms. The molecule has 4 atom stereocenters. The average Bonchev–Trinajstić information content (AvgIpc) is 3.13. The van der Waals surface area contributed by atoms with Gasteiger partial charge in [-0.3, -0.25) is 9.59 Å². The van der Waals surface area contributed by atoms with Crippen molar-refractivity contribution in [2.45, 2.75) is 57.3 Å². The van der Waals surface area contributed by atoms with E-state index < -0.39 is 23.8 Å². The first-order chi connectivity index (χ1) is 11.6. The Bertz CT molecular complexity index is 579. The van der Waals surface area contributed by atoms with Gasteiger partial charge in [0, 0.05) is 12.5 Å². The molecule has 0 radical (unpaired) electrons. The Morgan fingerprint density at radius 3 is 2.79 bits per heavy atom. The second-order valence-corrected chi connectivity index (χ2v) is 7.22. The van der Waals surface area contributed by atoms with E-state index in [1.165, 1.54) is 4.90 Å². The summed E-state index contributed by atoms with van der Waals surface area (Å²) in [5.74, 6) is -0.789. The van der Waals surface area contributed by atoms with Gasteiger partial charge in [-0.1, -0.05) is 19.8 Å². The van der Waals surface area contributed by atoms with Crippen molar-refractivity contribution in [1.82, 2.24) is 9.80 Å². The Hall–Kier alpha value is -1.63. The lowest BCUT2D eigenvalue weighted by atomic mass is 9.74. The molecule has 4 aliphatic heterocycles. The molecule has 7 nitrogen and oxygen atoms in total. The van der Waals surface area contributed by atoms with Crippen molar-refractivity contribution < 1.29 is 23.9 Å². The van der Waals surface area contributed by atoms with Crippen LogP contribution in [0.1, 0.15) is 45.4 Å². The number of hydrogen-bond acceptors (Lipinski definition) is 5. The summed E-state index contributed by atoms with van der Waals surface area (Å²) in [6.07, 6.45) is 4.11. The first-order valence-corrected chi connectivity index (χ1v) is 9.07. The van der Waals surface area contributed by atoms with Crippen molar-refractivity contribution in [2.24, 2.45) is 11.8 Å². The van der Waals surface area contributed by atoms with Crippen LogP contribution < -0.4 is 0 Å². The SMILES string of the molecule is CCC[C@@H]1[C@H]2O[C@@]3(CCCCCN3C2=O)[C@H]1C(=O)N1CCOC1=O. The minimum Gasteiger partial charge on any atom is -0.447 e. The summed E-state index contributed by atoms with van der Waals surface area (Å²) in [7, 11) is 0. The van der Waals surface area contributed by atoms with Gasteiger partial charge in [0.1, 0.15) is 12.7 Å². The van der Waals surface area contributed by atoms with E-state index in [4.69, 9.17) is 9.47 Å². The number of imide groups is 1. The molecule has 0 aromatic heterocycles. The highest BCUT2D eigenvalue weighted by molar-refractivity contribution is 5.97. The largest absolute Gasteiger partial charge is 0.447 e. The lowest BCUT2D eigenvalue weighted by Gasteiger charge is -2.43. The molecule has 4 heterocycles. The van der Waals surface area contributed by atoms with Crippen molar-refractivity contribution >= 4 is 17.9 Å². The summed E-state index contributed by atoms with van der Waals surface area (Å²) < 4.78 is 11.2. The number of carbonyl (C=O) groups excluding carboxylic acids is 3. The molecule has 0 unspecified atom stereocenters. The number of amides is 3. The fourth-order valence-corrected chi connectivity index (χ4v) is 4.96. The quantitative estimate of drug-likeness (QED) is 0.781. The smallest absolute Gasteiger partial charge is 0.416 e. The van der Waals surface area contributed by atoms with Gasteiger partial charge in [-0.05, 0) is 25.7 Å². The zero-order chi connectivity index (χ0) is 16.9. The van der Waals surface area contributed by atoms with Crippen LogP contribution in [0.2, 0.25) is 0 Å². The maximum Gasteiger partial charge on any atom is 0.416 e. The second kappa shape index (κ2) is 5.72. The lowest BCUT2D eigenvalue weighted by molar-refractivity contribution is -0.157. The van der Waals surface area contributed by atoms with Crippen LogP contribution in [0.5, 0.6) is 0 Å². The van der Waals surface area contributed by atoms with E-state index in [1.54, 1.807) is 4.90 Å². The summed E-state index contributed by atoms with van der Waals surface area (Å²) in [5, 5.41) is 0. The van der Waals surface area contributed by atoms with Gasteiger partial charge >= 0.3 is 6.09 Å². The van der Waals surface area contributed by atoms with Crippen LogP contribution in [0.15, 0.2) is 0 Å². The number of rotatable bonds is 3. The average molecular weight is 336 g/mol. The van der Waals surface area contributed by atoms with Crippen LogP contribution in [-0.2, 0) is 19.1 Å². The zero-order valence-electron chi connectivity index (χ0n) is 14.0. The molecule has 4 rings (SSSR count). The number of hydrogen-bond donors (Lipinski definition) is 0. The van der Waals surface area contributed by atoms with Crippen LogP contribution in [0.25, 0.3) is 0 Å². The van der Waals surface area contributed by atoms with Gasteiger partial charge < -0.3 is 14.4 Å². The third kappa shape index (κ3) is 2.03. The van der Waals surface area contributed by atoms with Gasteiger partial charge in [0.05, 0.1) is 12.5 Å². The molecule has 3 amide bonds. The molecule has 0 saturated carbocycles.